The number of methoxy groups -OCH3 is 1. The minimum absolute atomic E-state index is 0.0338. The van der Waals surface area contributed by atoms with Crippen molar-refractivity contribution in [3.05, 3.63) is 26.3 Å². The Labute approximate surface area is 125 Å². The van der Waals surface area contributed by atoms with Crippen molar-refractivity contribution in [3.63, 3.8) is 0 Å². The van der Waals surface area contributed by atoms with Crippen LogP contribution in [0.15, 0.2) is 12.1 Å². The Kier molecular flexibility index (Phi) is 6.17. The predicted octanol–water partition coefficient (Wildman–Crippen LogP) is 2.45. The van der Waals surface area contributed by atoms with Crippen LogP contribution in [0, 0.1) is 3.57 Å². The van der Waals surface area contributed by atoms with E-state index in [2.05, 4.69) is 27.9 Å². The third-order valence-electron chi connectivity index (χ3n) is 2.43. The van der Waals surface area contributed by atoms with E-state index < -0.39 is 0 Å². The summed E-state index contributed by atoms with van der Waals surface area (Å²) in [4.78, 5) is 12.0. The van der Waals surface area contributed by atoms with Crippen molar-refractivity contribution < 1.29 is 14.6 Å². The first-order valence-electron chi connectivity index (χ1n) is 5.44. The van der Waals surface area contributed by atoms with Gasteiger partial charge in [-0.05, 0) is 48.1 Å². The highest BCUT2D eigenvalue weighted by molar-refractivity contribution is 14.1. The lowest BCUT2D eigenvalue weighted by Gasteiger charge is -2.15. The van der Waals surface area contributed by atoms with E-state index in [9.17, 15) is 4.79 Å². The van der Waals surface area contributed by atoms with E-state index in [0.29, 0.717) is 22.8 Å². The highest BCUT2D eigenvalue weighted by Crippen LogP contribution is 2.28. The summed E-state index contributed by atoms with van der Waals surface area (Å²) in [5, 5.41) is 12.1. The maximum atomic E-state index is 12.0. The molecule has 0 fully saturated rings. The van der Waals surface area contributed by atoms with Gasteiger partial charge in [0.15, 0.2) is 0 Å². The summed E-state index contributed by atoms with van der Waals surface area (Å²) in [5.41, 5.74) is 0.396. The second kappa shape index (κ2) is 7.16. The van der Waals surface area contributed by atoms with Crippen LogP contribution in [0.4, 0.5) is 0 Å². The SMILES string of the molecule is COc1cc(I)c(Cl)cc1C(=O)NC(C)CCO. The highest BCUT2D eigenvalue weighted by Gasteiger charge is 2.16. The molecule has 1 amide bonds. The van der Waals surface area contributed by atoms with Crippen molar-refractivity contribution in [2.45, 2.75) is 19.4 Å². The van der Waals surface area contributed by atoms with Crippen molar-refractivity contribution in [1.29, 1.82) is 0 Å². The largest absolute Gasteiger partial charge is 0.496 e. The summed E-state index contributed by atoms with van der Waals surface area (Å²) in [6, 6.07) is 3.20. The summed E-state index contributed by atoms with van der Waals surface area (Å²) in [6.07, 6.45) is 0.506. The van der Waals surface area contributed by atoms with Crippen molar-refractivity contribution in [1.82, 2.24) is 5.32 Å². The molecule has 100 valence electrons. The minimum atomic E-state index is -0.258. The van der Waals surface area contributed by atoms with Crippen molar-refractivity contribution in [3.8, 4) is 5.75 Å². The van der Waals surface area contributed by atoms with E-state index in [1.165, 1.54) is 7.11 Å². The average molecular weight is 384 g/mol. The molecule has 0 saturated carbocycles. The van der Waals surface area contributed by atoms with Crippen molar-refractivity contribution in [2.24, 2.45) is 0 Å². The number of hydrogen-bond acceptors (Lipinski definition) is 3. The zero-order chi connectivity index (χ0) is 13.7. The summed E-state index contributed by atoms with van der Waals surface area (Å²) in [7, 11) is 1.51. The number of hydrogen-bond donors (Lipinski definition) is 2. The van der Waals surface area contributed by atoms with Gasteiger partial charge >= 0.3 is 0 Å². The third-order valence-corrected chi connectivity index (χ3v) is 3.95. The molecular formula is C12H15ClINO3. The Morgan fingerprint density at radius 1 is 1.61 bits per heavy atom. The van der Waals surface area contributed by atoms with Gasteiger partial charge in [-0.2, -0.15) is 0 Å². The second-order valence-electron chi connectivity index (χ2n) is 3.85. The molecule has 0 aliphatic heterocycles. The van der Waals surface area contributed by atoms with Gasteiger partial charge in [0.25, 0.3) is 5.91 Å². The van der Waals surface area contributed by atoms with Crippen LogP contribution in [0.2, 0.25) is 5.02 Å². The molecule has 0 bridgehead atoms. The van der Waals surface area contributed by atoms with Crippen LogP contribution in [0.5, 0.6) is 5.75 Å². The first-order valence-corrected chi connectivity index (χ1v) is 6.90. The Morgan fingerprint density at radius 3 is 2.83 bits per heavy atom. The Hall–Kier alpha value is -0.530. The molecule has 0 aliphatic rings. The van der Waals surface area contributed by atoms with Gasteiger partial charge in [0.05, 0.1) is 17.7 Å². The molecule has 6 heteroatoms. The quantitative estimate of drug-likeness (QED) is 0.768. The van der Waals surface area contributed by atoms with Crippen LogP contribution in [0.25, 0.3) is 0 Å². The molecule has 1 aromatic carbocycles. The van der Waals surface area contributed by atoms with E-state index in [-0.39, 0.29) is 18.6 Å². The van der Waals surface area contributed by atoms with Crippen LogP contribution in [-0.2, 0) is 0 Å². The molecule has 0 aliphatic carbocycles. The number of halogens is 2. The number of rotatable bonds is 5. The number of carbonyl (C=O) groups is 1. The lowest BCUT2D eigenvalue weighted by molar-refractivity contribution is 0.0931. The predicted molar refractivity (Wildman–Crippen MR) is 79.4 cm³/mol. The van der Waals surface area contributed by atoms with Crippen molar-refractivity contribution >= 4 is 40.1 Å². The highest BCUT2D eigenvalue weighted by atomic mass is 127. The smallest absolute Gasteiger partial charge is 0.255 e. The molecular weight excluding hydrogens is 368 g/mol. The van der Waals surface area contributed by atoms with Crippen LogP contribution < -0.4 is 10.1 Å². The molecule has 1 rings (SSSR count). The summed E-state index contributed by atoms with van der Waals surface area (Å²) < 4.78 is 6.00. The maximum Gasteiger partial charge on any atom is 0.255 e. The van der Waals surface area contributed by atoms with Crippen LogP contribution in [0.3, 0.4) is 0 Å². The molecule has 0 aromatic heterocycles. The van der Waals surface area contributed by atoms with Crippen LogP contribution in [-0.4, -0.2) is 30.8 Å². The molecule has 0 radical (unpaired) electrons. The van der Waals surface area contributed by atoms with E-state index in [0.717, 1.165) is 3.57 Å². The van der Waals surface area contributed by atoms with Gasteiger partial charge in [0, 0.05) is 16.2 Å². The topological polar surface area (TPSA) is 58.6 Å². The summed E-state index contributed by atoms with van der Waals surface area (Å²) in [6.45, 7) is 1.86. The van der Waals surface area contributed by atoms with Gasteiger partial charge in [-0.25, -0.2) is 0 Å². The Morgan fingerprint density at radius 2 is 2.28 bits per heavy atom. The van der Waals surface area contributed by atoms with Crippen LogP contribution in [0.1, 0.15) is 23.7 Å². The van der Waals surface area contributed by atoms with Gasteiger partial charge < -0.3 is 15.2 Å². The van der Waals surface area contributed by atoms with E-state index in [1.54, 1.807) is 12.1 Å². The van der Waals surface area contributed by atoms with E-state index in [4.69, 9.17) is 21.4 Å². The van der Waals surface area contributed by atoms with Crippen molar-refractivity contribution in [2.75, 3.05) is 13.7 Å². The van der Waals surface area contributed by atoms with Gasteiger partial charge in [-0.3, -0.25) is 4.79 Å². The zero-order valence-electron chi connectivity index (χ0n) is 10.2. The number of carbonyl (C=O) groups excluding carboxylic acids is 1. The lowest BCUT2D eigenvalue weighted by Crippen LogP contribution is -2.33. The van der Waals surface area contributed by atoms with E-state index in [1.807, 2.05) is 6.92 Å². The second-order valence-corrected chi connectivity index (χ2v) is 5.42. The Balaban J connectivity index is 2.94. The van der Waals surface area contributed by atoms with E-state index >= 15 is 0 Å². The minimum Gasteiger partial charge on any atom is -0.496 e. The molecule has 2 N–H and O–H groups in total. The molecule has 0 spiro atoms. The third kappa shape index (κ3) is 4.00. The number of aliphatic hydroxyl groups is 1. The number of nitrogens with one attached hydrogen (secondary N) is 1. The Bertz CT molecular complexity index is 440. The number of ether oxygens (including phenoxy) is 1. The number of aliphatic hydroxyl groups excluding tert-OH is 1. The normalized spacial score (nSPS) is 12.1. The molecule has 18 heavy (non-hydrogen) atoms. The first-order chi connectivity index (χ1) is 8.49. The lowest BCUT2D eigenvalue weighted by atomic mass is 10.1. The van der Waals surface area contributed by atoms with Gasteiger partial charge in [0.1, 0.15) is 5.75 Å². The van der Waals surface area contributed by atoms with Gasteiger partial charge in [-0.1, -0.05) is 11.6 Å². The molecule has 1 atom stereocenters. The maximum absolute atomic E-state index is 12.0. The molecule has 4 nitrogen and oxygen atoms in total. The van der Waals surface area contributed by atoms with Gasteiger partial charge in [0.2, 0.25) is 0 Å². The monoisotopic (exact) mass is 383 g/mol. The number of amides is 1. The fraction of sp³-hybridized carbons (Fsp3) is 0.417. The molecule has 1 unspecified atom stereocenters. The molecule has 0 heterocycles. The summed E-state index contributed by atoms with van der Waals surface area (Å²) >= 11 is 8.08. The van der Waals surface area contributed by atoms with Crippen LogP contribution >= 0.6 is 34.2 Å². The summed E-state index contributed by atoms with van der Waals surface area (Å²) in [5.74, 6) is 0.226. The first kappa shape index (κ1) is 15.5. The van der Waals surface area contributed by atoms with Gasteiger partial charge in [-0.15, -0.1) is 0 Å². The molecule has 0 saturated heterocycles. The fourth-order valence-electron chi connectivity index (χ4n) is 1.44. The fourth-order valence-corrected chi connectivity index (χ4v) is 2.04. The number of benzene rings is 1. The standard InChI is InChI=1S/C12H15ClINO3/c1-7(3-4-16)15-12(17)8-5-9(13)10(14)6-11(8)18-2/h5-7,16H,3-4H2,1-2H3,(H,15,17). The average Bonchev–Trinajstić information content (AvgIpc) is 2.32. The molecule has 1 aromatic rings. The zero-order valence-corrected chi connectivity index (χ0v) is 13.1.